The van der Waals surface area contributed by atoms with Gasteiger partial charge in [0.1, 0.15) is 6.17 Å². The molecular weight excluding hydrogens is 405 g/mol. The van der Waals surface area contributed by atoms with E-state index in [4.69, 9.17) is 5.73 Å². The summed E-state index contributed by atoms with van der Waals surface area (Å²) in [5, 5.41) is 16.5. The van der Waals surface area contributed by atoms with E-state index in [1.165, 1.54) is 13.0 Å². The Morgan fingerprint density at radius 3 is 2.81 bits per heavy atom. The van der Waals surface area contributed by atoms with E-state index in [9.17, 15) is 13.2 Å². The monoisotopic (exact) mass is 428 g/mol. The van der Waals surface area contributed by atoms with E-state index >= 15 is 0 Å². The van der Waals surface area contributed by atoms with Gasteiger partial charge in [0.05, 0.1) is 17.8 Å². The molecule has 162 valence electrons. The van der Waals surface area contributed by atoms with Gasteiger partial charge in [-0.1, -0.05) is 18.2 Å². The van der Waals surface area contributed by atoms with E-state index in [0.717, 1.165) is 42.0 Å². The molecule has 3 heterocycles. The topological polar surface area (TPSA) is 79.1 Å². The van der Waals surface area contributed by atoms with Crippen molar-refractivity contribution < 1.29 is 13.2 Å². The van der Waals surface area contributed by atoms with Crippen molar-refractivity contribution >= 4 is 22.3 Å². The first-order valence-corrected chi connectivity index (χ1v) is 10.3. The number of rotatable bonds is 4. The van der Waals surface area contributed by atoms with Crippen LogP contribution >= 0.6 is 0 Å². The highest BCUT2D eigenvalue weighted by atomic mass is 19.4. The number of anilines is 2. The minimum absolute atomic E-state index is 0.101. The predicted molar refractivity (Wildman–Crippen MR) is 114 cm³/mol. The third-order valence-corrected chi connectivity index (χ3v) is 6.42. The normalized spacial score (nSPS) is 21.6. The van der Waals surface area contributed by atoms with Gasteiger partial charge < -0.3 is 21.3 Å². The molecule has 3 aromatic rings. The predicted octanol–water partition coefficient (Wildman–Crippen LogP) is 3.58. The molecule has 0 unspecified atom stereocenters. The van der Waals surface area contributed by atoms with Gasteiger partial charge in [0.2, 0.25) is 0 Å². The van der Waals surface area contributed by atoms with Crippen molar-refractivity contribution in [2.75, 3.05) is 23.3 Å². The van der Waals surface area contributed by atoms with Crippen LogP contribution in [0.3, 0.4) is 0 Å². The first-order chi connectivity index (χ1) is 14.8. The number of hydrogen-bond acceptors (Lipinski definition) is 6. The lowest BCUT2D eigenvalue weighted by Crippen LogP contribution is -2.59. The van der Waals surface area contributed by atoms with E-state index in [0.29, 0.717) is 23.5 Å². The maximum Gasteiger partial charge on any atom is 0.416 e. The van der Waals surface area contributed by atoms with Crippen molar-refractivity contribution in [1.29, 1.82) is 0 Å². The lowest BCUT2D eigenvalue weighted by atomic mass is 10.00. The maximum absolute atomic E-state index is 13.3. The zero-order chi connectivity index (χ0) is 21.8. The molecule has 6 nitrogen and oxygen atoms in total. The second kappa shape index (κ2) is 7.35. The van der Waals surface area contributed by atoms with E-state index in [1.807, 2.05) is 6.07 Å². The van der Waals surface area contributed by atoms with Crippen molar-refractivity contribution in [2.45, 2.75) is 37.8 Å². The van der Waals surface area contributed by atoms with Crippen molar-refractivity contribution in [3.05, 3.63) is 59.3 Å². The number of benzene rings is 2. The largest absolute Gasteiger partial charge is 0.416 e. The van der Waals surface area contributed by atoms with Gasteiger partial charge in [0, 0.05) is 35.6 Å². The van der Waals surface area contributed by atoms with Crippen LogP contribution in [0.25, 0.3) is 10.8 Å². The second-order valence-electron chi connectivity index (χ2n) is 8.17. The molecule has 0 saturated carbocycles. The summed E-state index contributed by atoms with van der Waals surface area (Å²) in [7, 11) is 0. The van der Waals surface area contributed by atoms with E-state index < -0.39 is 17.9 Å². The van der Waals surface area contributed by atoms with Gasteiger partial charge in [-0.3, -0.25) is 0 Å². The highest BCUT2D eigenvalue weighted by Gasteiger charge is 2.40. The molecule has 31 heavy (non-hydrogen) atoms. The first kappa shape index (κ1) is 20.0. The van der Waals surface area contributed by atoms with Crippen LogP contribution in [0.5, 0.6) is 0 Å². The molecule has 0 radical (unpaired) electrons. The van der Waals surface area contributed by atoms with Crippen LogP contribution < -0.4 is 21.3 Å². The Hall–Kier alpha value is -2.91. The van der Waals surface area contributed by atoms with Gasteiger partial charge >= 0.3 is 6.18 Å². The Labute approximate surface area is 177 Å². The van der Waals surface area contributed by atoms with Gasteiger partial charge in [-0.05, 0) is 42.7 Å². The Morgan fingerprint density at radius 2 is 2.10 bits per heavy atom. The smallest absolute Gasteiger partial charge is 0.366 e. The summed E-state index contributed by atoms with van der Waals surface area (Å²) >= 11 is 0. The van der Waals surface area contributed by atoms with E-state index in [1.54, 1.807) is 12.3 Å². The molecule has 3 atom stereocenters. The standard InChI is InChI=1S/C22H23F3N6/c1-12-15(3-2-4-17(12)22(23,24)25)20(26)29-21-16-9-14(6-5-13(16)10-28-30-21)31-8-7-18-19(31)11-27-18/h2-6,9-10,18-20,27H,7-8,11,26H2,1H3,(H,29,30)/t18-,19-,20+/m1/s1. The molecule has 0 spiro atoms. The Bertz CT molecular complexity index is 1130. The van der Waals surface area contributed by atoms with Crippen LogP contribution in [0.15, 0.2) is 42.6 Å². The average molecular weight is 428 g/mol. The van der Waals surface area contributed by atoms with Gasteiger partial charge in [-0.15, -0.1) is 5.10 Å². The molecule has 0 aliphatic carbocycles. The van der Waals surface area contributed by atoms with Gasteiger partial charge in [-0.25, -0.2) is 0 Å². The third kappa shape index (κ3) is 3.47. The van der Waals surface area contributed by atoms with Crippen LogP contribution in [-0.4, -0.2) is 35.4 Å². The van der Waals surface area contributed by atoms with Crippen LogP contribution in [0.2, 0.25) is 0 Å². The number of alkyl halides is 3. The van der Waals surface area contributed by atoms with Crippen LogP contribution in [0.4, 0.5) is 24.7 Å². The molecule has 2 aliphatic heterocycles. The molecule has 9 heteroatoms. The lowest BCUT2D eigenvalue weighted by Gasteiger charge is -2.38. The molecule has 0 amide bonds. The second-order valence-corrected chi connectivity index (χ2v) is 8.17. The van der Waals surface area contributed by atoms with Crippen molar-refractivity contribution in [2.24, 2.45) is 5.73 Å². The Kier molecular flexibility index (Phi) is 4.75. The number of fused-ring (bicyclic) bond motifs is 2. The van der Waals surface area contributed by atoms with E-state index in [2.05, 4.69) is 37.9 Å². The number of hydrogen-bond donors (Lipinski definition) is 3. The number of nitrogens with two attached hydrogens (primary N) is 1. The van der Waals surface area contributed by atoms with Crippen molar-refractivity contribution in [1.82, 2.24) is 15.5 Å². The SMILES string of the molecule is Cc1c([C@@H](N)Nc2nncc3ccc(N4CC[C@H]5NC[C@H]54)cc23)cccc1C(F)(F)F. The van der Waals surface area contributed by atoms with Gasteiger partial charge in [-0.2, -0.15) is 18.3 Å². The molecule has 5 rings (SSSR count). The van der Waals surface area contributed by atoms with Crippen molar-refractivity contribution in [3.63, 3.8) is 0 Å². The van der Waals surface area contributed by atoms with Crippen LogP contribution in [0.1, 0.15) is 29.3 Å². The van der Waals surface area contributed by atoms with E-state index in [-0.39, 0.29) is 5.56 Å². The summed E-state index contributed by atoms with van der Waals surface area (Å²) in [5.41, 5.74) is 7.16. The molecule has 2 saturated heterocycles. The fourth-order valence-electron chi connectivity index (χ4n) is 4.65. The van der Waals surface area contributed by atoms with Crippen molar-refractivity contribution in [3.8, 4) is 0 Å². The zero-order valence-electron chi connectivity index (χ0n) is 16.9. The fraction of sp³-hybridized carbons (Fsp3) is 0.364. The summed E-state index contributed by atoms with van der Waals surface area (Å²) in [6.07, 6.45) is -2.51. The Balaban J connectivity index is 1.47. The van der Waals surface area contributed by atoms with Gasteiger partial charge in [0.25, 0.3) is 0 Å². The average Bonchev–Trinajstić information content (AvgIpc) is 3.00. The van der Waals surface area contributed by atoms with Crippen LogP contribution in [0, 0.1) is 6.92 Å². The third-order valence-electron chi connectivity index (χ3n) is 6.42. The summed E-state index contributed by atoms with van der Waals surface area (Å²) in [6.45, 7) is 3.39. The summed E-state index contributed by atoms with van der Waals surface area (Å²) in [6, 6.07) is 11.2. The maximum atomic E-state index is 13.3. The molecule has 2 aliphatic rings. The first-order valence-electron chi connectivity index (χ1n) is 10.3. The molecule has 1 aromatic heterocycles. The number of nitrogens with one attached hydrogen (secondary N) is 2. The molecule has 2 fully saturated rings. The number of halogens is 3. The highest BCUT2D eigenvalue weighted by molar-refractivity contribution is 5.93. The zero-order valence-corrected chi connectivity index (χ0v) is 16.9. The molecule has 2 aromatic carbocycles. The number of nitrogens with zero attached hydrogens (tertiary/aromatic N) is 3. The highest BCUT2D eigenvalue weighted by Crippen LogP contribution is 2.36. The summed E-state index contributed by atoms with van der Waals surface area (Å²) in [4.78, 5) is 2.39. The quantitative estimate of drug-likeness (QED) is 0.552. The van der Waals surface area contributed by atoms with Crippen LogP contribution in [-0.2, 0) is 6.18 Å². The minimum atomic E-state index is -4.43. The summed E-state index contributed by atoms with van der Waals surface area (Å²) in [5.74, 6) is 0.450. The minimum Gasteiger partial charge on any atom is -0.366 e. The molecule has 0 bridgehead atoms. The Morgan fingerprint density at radius 1 is 1.26 bits per heavy atom. The summed E-state index contributed by atoms with van der Waals surface area (Å²) < 4.78 is 39.9. The molecule has 4 N–H and O–H groups in total. The van der Waals surface area contributed by atoms with Gasteiger partial charge in [0.15, 0.2) is 5.82 Å². The molecular formula is C22H23F3N6. The number of aromatic nitrogens is 2. The lowest BCUT2D eigenvalue weighted by molar-refractivity contribution is -0.138. The fourth-order valence-corrected chi connectivity index (χ4v) is 4.65.